The number of ether oxygens (including phenoxy) is 3. The van der Waals surface area contributed by atoms with E-state index in [1.54, 1.807) is 0 Å². The first-order valence-electron chi connectivity index (χ1n) is 24.2. The lowest BCUT2D eigenvalue weighted by Gasteiger charge is -2.18. The fraction of sp³-hybridized carbons (Fsp3) is 0.582. The van der Waals surface area contributed by atoms with Gasteiger partial charge in [-0.05, 0) is 77.0 Å². The maximum absolute atomic E-state index is 12.8. The van der Waals surface area contributed by atoms with Crippen molar-refractivity contribution in [2.45, 2.75) is 194 Å². The molecule has 0 saturated carbocycles. The topological polar surface area (TPSA) is 78.9 Å². The molecule has 0 spiro atoms. The predicted molar refractivity (Wildman–Crippen MR) is 260 cm³/mol. The fourth-order valence-electron chi connectivity index (χ4n) is 6.06. The standard InChI is InChI=1S/C55H86O6/c1-4-7-10-13-16-19-22-25-27-30-33-36-39-42-45-48-54(57)60-51-52(50-59-53(56)47-44-41-38-35-32-29-24-21-18-15-12-9-6-3)61-55(58)49-46-43-40-37-34-31-28-26-23-20-17-14-11-8-5-2/h7,9-10,12-13,15-16,18-25,27,29,32,35,38,52H,4-6,8,11,14,17,26,28,30-31,33-34,36-37,39-51H2,1-3H3/b10-7-,12-9-,16-13-,18-15-,22-19-,23-20-,24-21-,27-25-,32-29-,38-35-. The molecule has 0 aromatic carbocycles. The molecule has 0 N–H and O–H groups in total. The monoisotopic (exact) mass is 843 g/mol. The smallest absolute Gasteiger partial charge is 0.306 e. The zero-order chi connectivity index (χ0) is 44.4. The first-order chi connectivity index (χ1) is 30.0. The van der Waals surface area contributed by atoms with E-state index in [0.717, 1.165) is 77.0 Å². The van der Waals surface area contributed by atoms with E-state index in [-0.39, 0.29) is 37.5 Å². The Bertz CT molecular complexity index is 1340. The van der Waals surface area contributed by atoms with E-state index in [1.165, 1.54) is 64.2 Å². The Morgan fingerprint density at radius 1 is 0.344 bits per heavy atom. The summed E-state index contributed by atoms with van der Waals surface area (Å²) in [5.41, 5.74) is 0. The number of rotatable bonds is 41. The summed E-state index contributed by atoms with van der Waals surface area (Å²) in [7, 11) is 0. The van der Waals surface area contributed by atoms with Crippen molar-refractivity contribution in [2.24, 2.45) is 0 Å². The van der Waals surface area contributed by atoms with Crippen molar-refractivity contribution in [3.05, 3.63) is 122 Å². The molecule has 0 aromatic heterocycles. The quantitative estimate of drug-likeness (QED) is 0.0201. The van der Waals surface area contributed by atoms with Crippen LogP contribution in [0.1, 0.15) is 188 Å². The van der Waals surface area contributed by atoms with Crippen LogP contribution in [0.4, 0.5) is 0 Å². The van der Waals surface area contributed by atoms with Gasteiger partial charge in [0.15, 0.2) is 6.10 Å². The van der Waals surface area contributed by atoms with Gasteiger partial charge in [-0.1, -0.05) is 213 Å². The fourth-order valence-corrected chi connectivity index (χ4v) is 6.06. The van der Waals surface area contributed by atoms with Crippen LogP contribution in [0.5, 0.6) is 0 Å². The maximum atomic E-state index is 12.8. The summed E-state index contributed by atoms with van der Waals surface area (Å²) in [6.07, 6.45) is 66.1. The van der Waals surface area contributed by atoms with Crippen LogP contribution in [0.15, 0.2) is 122 Å². The van der Waals surface area contributed by atoms with E-state index in [0.29, 0.717) is 19.3 Å². The summed E-state index contributed by atoms with van der Waals surface area (Å²) in [4.78, 5) is 37.9. The maximum Gasteiger partial charge on any atom is 0.306 e. The van der Waals surface area contributed by atoms with Crippen LogP contribution in [0.25, 0.3) is 0 Å². The second-order valence-electron chi connectivity index (χ2n) is 15.5. The Labute approximate surface area is 373 Å². The lowest BCUT2D eigenvalue weighted by molar-refractivity contribution is -0.167. The molecule has 0 radical (unpaired) electrons. The Kier molecular flexibility index (Phi) is 45.1. The van der Waals surface area contributed by atoms with Gasteiger partial charge < -0.3 is 14.2 Å². The van der Waals surface area contributed by atoms with E-state index in [4.69, 9.17) is 14.2 Å². The molecule has 0 rings (SSSR count). The average Bonchev–Trinajstić information content (AvgIpc) is 3.26. The van der Waals surface area contributed by atoms with Crippen molar-refractivity contribution in [2.75, 3.05) is 13.2 Å². The first kappa shape index (κ1) is 56.8. The molecular weight excluding hydrogens is 757 g/mol. The van der Waals surface area contributed by atoms with Crippen LogP contribution < -0.4 is 0 Å². The Morgan fingerprint density at radius 2 is 0.672 bits per heavy atom. The molecule has 61 heavy (non-hydrogen) atoms. The summed E-state index contributed by atoms with van der Waals surface area (Å²) < 4.78 is 16.7. The molecule has 6 heteroatoms. The van der Waals surface area contributed by atoms with E-state index < -0.39 is 6.10 Å². The minimum Gasteiger partial charge on any atom is -0.462 e. The van der Waals surface area contributed by atoms with E-state index in [1.807, 2.05) is 79.0 Å². The van der Waals surface area contributed by atoms with E-state index in [9.17, 15) is 14.4 Å². The largest absolute Gasteiger partial charge is 0.462 e. The Balaban J connectivity index is 4.56. The van der Waals surface area contributed by atoms with Crippen molar-refractivity contribution >= 4 is 17.9 Å². The van der Waals surface area contributed by atoms with Crippen LogP contribution in [-0.4, -0.2) is 37.2 Å². The van der Waals surface area contributed by atoms with Crippen molar-refractivity contribution in [3.63, 3.8) is 0 Å². The van der Waals surface area contributed by atoms with Gasteiger partial charge in [0.1, 0.15) is 13.2 Å². The summed E-state index contributed by atoms with van der Waals surface area (Å²) in [6, 6.07) is 0. The third-order valence-electron chi connectivity index (χ3n) is 9.65. The molecule has 0 heterocycles. The average molecular weight is 843 g/mol. The lowest BCUT2D eigenvalue weighted by Crippen LogP contribution is -2.30. The molecule has 1 unspecified atom stereocenters. The van der Waals surface area contributed by atoms with Crippen molar-refractivity contribution < 1.29 is 28.6 Å². The molecular formula is C55H86O6. The second-order valence-corrected chi connectivity index (χ2v) is 15.5. The molecule has 0 amide bonds. The normalized spacial score (nSPS) is 13.2. The second kappa shape index (κ2) is 48.5. The van der Waals surface area contributed by atoms with Crippen LogP contribution in [0, 0.1) is 0 Å². The van der Waals surface area contributed by atoms with Gasteiger partial charge in [-0.3, -0.25) is 14.4 Å². The highest BCUT2D eigenvalue weighted by Gasteiger charge is 2.19. The molecule has 342 valence electrons. The highest BCUT2D eigenvalue weighted by atomic mass is 16.6. The molecule has 0 aliphatic rings. The summed E-state index contributed by atoms with van der Waals surface area (Å²) in [5, 5.41) is 0. The SMILES string of the molecule is CC\C=C/C=C\C=C/C=C\C=C/CCCC(=O)OCC(COC(=O)CCCCCCC\C=C/C=C\C=C/C=C\CC)OC(=O)CCCCCCCCC/C=C\CCCCCC. The van der Waals surface area contributed by atoms with Crippen molar-refractivity contribution in [3.8, 4) is 0 Å². The zero-order valence-electron chi connectivity index (χ0n) is 38.9. The molecule has 1 atom stereocenters. The number of allylic oxidation sites excluding steroid dienone is 20. The van der Waals surface area contributed by atoms with Gasteiger partial charge in [0, 0.05) is 19.3 Å². The van der Waals surface area contributed by atoms with Gasteiger partial charge in [0.05, 0.1) is 0 Å². The number of hydrogen-bond donors (Lipinski definition) is 0. The number of carbonyl (C=O) groups is 3. The first-order valence-corrected chi connectivity index (χ1v) is 24.2. The zero-order valence-corrected chi connectivity index (χ0v) is 38.9. The van der Waals surface area contributed by atoms with Gasteiger partial charge in [-0.15, -0.1) is 0 Å². The van der Waals surface area contributed by atoms with Crippen molar-refractivity contribution in [1.82, 2.24) is 0 Å². The third kappa shape index (κ3) is 46.7. The molecule has 0 aromatic rings. The summed E-state index contributed by atoms with van der Waals surface area (Å²) in [6.45, 7) is 6.23. The number of hydrogen-bond acceptors (Lipinski definition) is 6. The third-order valence-corrected chi connectivity index (χ3v) is 9.65. The van der Waals surface area contributed by atoms with Crippen LogP contribution in [0.3, 0.4) is 0 Å². The summed E-state index contributed by atoms with van der Waals surface area (Å²) in [5.74, 6) is -1.03. The number of carbonyl (C=O) groups excluding carboxylic acids is 3. The van der Waals surface area contributed by atoms with Crippen LogP contribution in [0.2, 0.25) is 0 Å². The highest BCUT2D eigenvalue weighted by molar-refractivity contribution is 5.71. The highest BCUT2D eigenvalue weighted by Crippen LogP contribution is 2.13. The molecule has 0 aliphatic heterocycles. The molecule has 0 fully saturated rings. The number of esters is 3. The minimum absolute atomic E-state index is 0.118. The van der Waals surface area contributed by atoms with Crippen LogP contribution >= 0.6 is 0 Å². The van der Waals surface area contributed by atoms with E-state index in [2.05, 4.69) is 63.3 Å². The molecule has 0 aliphatic carbocycles. The molecule has 0 bridgehead atoms. The van der Waals surface area contributed by atoms with E-state index >= 15 is 0 Å². The van der Waals surface area contributed by atoms with Gasteiger partial charge in [0.25, 0.3) is 0 Å². The van der Waals surface area contributed by atoms with Crippen molar-refractivity contribution in [1.29, 1.82) is 0 Å². The van der Waals surface area contributed by atoms with Gasteiger partial charge in [-0.25, -0.2) is 0 Å². The van der Waals surface area contributed by atoms with Gasteiger partial charge in [0.2, 0.25) is 0 Å². The van der Waals surface area contributed by atoms with Gasteiger partial charge in [-0.2, -0.15) is 0 Å². The summed E-state index contributed by atoms with van der Waals surface area (Å²) >= 11 is 0. The minimum atomic E-state index is -0.821. The molecule has 6 nitrogen and oxygen atoms in total. The molecule has 0 saturated heterocycles. The lowest BCUT2D eigenvalue weighted by atomic mass is 10.1. The predicted octanol–water partition coefficient (Wildman–Crippen LogP) is 15.7. The Morgan fingerprint density at radius 3 is 1.11 bits per heavy atom. The van der Waals surface area contributed by atoms with Crippen LogP contribution in [-0.2, 0) is 28.6 Å². The van der Waals surface area contributed by atoms with Gasteiger partial charge >= 0.3 is 17.9 Å². The Hall–Kier alpha value is -4.19. The number of unbranched alkanes of at least 4 members (excludes halogenated alkanes) is 17.